The summed E-state index contributed by atoms with van der Waals surface area (Å²) >= 11 is 1.59. The molecule has 114 valence electrons. The molecule has 3 heterocycles. The van der Waals surface area contributed by atoms with Gasteiger partial charge >= 0.3 is 0 Å². The molecule has 1 aromatic rings. The number of carbonyl (C=O) groups is 1. The lowest BCUT2D eigenvalue weighted by atomic mass is 10.2. The molecule has 2 saturated heterocycles. The summed E-state index contributed by atoms with van der Waals surface area (Å²) < 4.78 is 5.70. The molecular weight excluding hydrogens is 321 g/mol. The number of morpholine rings is 1. The van der Waals surface area contributed by atoms with E-state index in [0.29, 0.717) is 19.7 Å². The van der Waals surface area contributed by atoms with Crippen LogP contribution < -0.4 is 5.32 Å². The second kappa shape index (κ2) is 8.14. The quantitative estimate of drug-likeness (QED) is 0.889. The molecule has 20 heavy (non-hydrogen) atoms. The van der Waals surface area contributed by atoms with Gasteiger partial charge in [0, 0.05) is 18.1 Å². The van der Waals surface area contributed by atoms with Crippen molar-refractivity contribution in [1.82, 2.24) is 15.2 Å². The smallest absolute Gasteiger partial charge is 0.239 e. The zero-order valence-electron chi connectivity index (χ0n) is 11.0. The highest BCUT2D eigenvalue weighted by atomic mass is 35.5. The molecule has 0 radical (unpaired) electrons. The van der Waals surface area contributed by atoms with Crippen molar-refractivity contribution in [1.29, 1.82) is 0 Å². The molecule has 2 atom stereocenters. The van der Waals surface area contributed by atoms with Crippen molar-refractivity contribution in [3.8, 4) is 0 Å². The largest absolute Gasteiger partial charge is 0.367 e. The molecule has 2 aliphatic rings. The number of nitrogens with one attached hydrogen (secondary N) is 1. The van der Waals surface area contributed by atoms with Gasteiger partial charge < -0.3 is 15.0 Å². The van der Waals surface area contributed by atoms with Crippen LogP contribution >= 0.6 is 36.2 Å². The molecule has 8 heteroatoms. The molecule has 0 spiro atoms. The van der Waals surface area contributed by atoms with Crippen LogP contribution in [0, 0.1) is 0 Å². The van der Waals surface area contributed by atoms with Gasteiger partial charge in [0.1, 0.15) is 11.1 Å². The maximum Gasteiger partial charge on any atom is 0.239 e. The zero-order valence-corrected chi connectivity index (χ0v) is 13.4. The van der Waals surface area contributed by atoms with E-state index in [2.05, 4.69) is 10.3 Å². The average molecular weight is 340 g/mol. The van der Waals surface area contributed by atoms with Crippen LogP contribution in [0.4, 0.5) is 0 Å². The van der Waals surface area contributed by atoms with E-state index in [4.69, 9.17) is 4.74 Å². The van der Waals surface area contributed by atoms with Gasteiger partial charge in [0.15, 0.2) is 0 Å². The van der Waals surface area contributed by atoms with E-state index in [-0.39, 0.29) is 42.9 Å². The number of nitrogens with zero attached hydrogens (tertiary/aromatic N) is 2. The molecule has 0 aliphatic carbocycles. The third kappa shape index (κ3) is 3.83. The first kappa shape index (κ1) is 17.7. The minimum atomic E-state index is -0.0518. The number of hydrogen-bond donors (Lipinski definition) is 1. The first-order chi connectivity index (χ1) is 8.84. The molecule has 1 unspecified atom stereocenters. The summed E-state index contributed by atoms with van der Waals surface area (Å²) in [5.74, 6) is 0.220. The summed E-state index contributed by atoms with van der Waals surface area (Å²) in [5, 5.41) is 6.17. The van der Waals surface area contributed by atoms with Crippen LogP contribution in [0.5, 0.6) is 0 Å². The van der Waals surface area contributed by atoms with Crippen molar-refractivity contribution >= 4 is 42.1 Å². The van der Waals surface area contributed by atoms with Crippen LogP contribution in [0.25, 0.3) is 0 Å². The number of carbonyl (C=O) groups excluding carboxylic acids is 1. The number of amides is 1. The van der Waals surface area contributed by atoms with Gasteiger partial charge in [-0.3, -0.25) is 4.79 Å². The van der Waals surface area contributed by atoms with Gasteiger partial charge in [-0.15, -0.1) is 36.2 Å². The number of rotatable bonds is 2. The number of aromatic nitrogens is 1. The average Bonchev–Trinajstić information content (AvgIpc) is 3.11. The van der Waals surface area contributed by atoms with Crippen LogP contribution in [0.3, 0.4) is 0 Å². The van der Waals surface area contributed by atoms with E-state index in [0.717, 1.165) is 24.4 Å². The first-order valence-electron chi connectivity index (χ1n) is 6.38. The van der Waals surface area contributed by atoms with Crippen molar-refractivity contribution in [3.63, 3.8) is 0 Å². The highest BCUT2D eigenvalue weighted by molar-refractivity contribution is 7.09. The lowest BCUT2D eigenvalue weighted by Crippen LogP contribution is -2.49. The van der Waals surface area contributed by atoms with Gasteiger partial charge in [-0.1, -0.05) is 0 Å². The number of hydrogen-bond acceptors (Lipinski definition) is 5. The van der Waals surface area contributed by atoms with Crippen molar-refractivity contribution < 1.29 is 9.53 Å². The standard InChI is InChI=1S/C12H17N3O2S.2ClH/c16-12(9-2-1-3-13-9)15-5-6-17-10(8-15)11-14-4-7-18-11;;/h4,7,9-10,13H,1-3,5-6,8H2;2*1H/t9-,10?;;/m0../s1. The van der Waals surface area contributed by atoms with E-state index >= 15 is 0 Å². The molecule has 0 aromatic carbocycles. The number of thiazole rings is 1. The van der Waals surface area contributed by atoms with E-state index in [9.17, 15) is 4.79 Å². The van der Waals surface area contributed by atoms with Gasteiger partial charge in [-0.05, 0) is 19.4 Å². The molecule has 1 amide bonds. The Morgan fingerprint density at radius 2 is 2.35 bits per heavy atom. The lowest BCUT2D eigenvalue weighted by molar-refractivity contribution is -0.140. The summed E-state index contributed by atoms with van der Waals surface area (Å²) in [6.45, 7) is 2.88. The van der Waals surface area contributed by atoms with E-state index in [1.165, 1.54) is 0 Å². The fourth-order valence-electron chi connectivity index (χ4n) is 2.51. The number of halogens is 2. The Kier molecular flexibility index (Phi) is 7.19. The summed E-state index contributed by atoms with van der Waals surface area (Å²) in [5.41, 5.74) is 0. The van der Waals surface area contributed by atoms with Crippen molar-refractivity contribution in [3.05, 3.63) is 16.6 Å². The predicted octanol–water partition coefficient (Wildman–Crippen LogP) is 1.64. The predicted molar refractivity (Wildman–Crippen MR) is 82.9 cm³/mol. The van der Waals surface area contributed by atoms with Crippen LogP contribution in [-0.2, 0) is 9.53 Å². The van der Waals surface area contributed by atoms with Crippen LogP contribution in [0.1, 0.15) is 24.0 Å². The fraction of sp³-hybridized carbons (Fsp3) is 0.667. The van der Waals surface area contributed by atoms with Gasteiger partial charge in [-0.25, -0.2) is 4.98 Å². The SMILES string of the molecule is Cl.Cl.O=C([C@@H]1CCCN1)N1CCOC(c2nccs2)C1. The normalized spacial score (nSPS) is 25.7. The summed E-state index contributed by atoms with van der Waals surface area (Å²) in [6, 6.07) is 0.0139. The summed E-state index contributed by atoms with van der Waals surface area (Å²) in [7, 11) is 0. The fourth-order valence-corrected chi connectivity index (χ4v) is 3.19. The zero-order chi connectivity index (χ0) is 12.4. The summed E-state index contributed by atoms with van der Waals surface area (Å²) in [4.78, 5) is 18.5. The Morgan fingerprint density at radius 1 is 1.50 bits per heavy atom. The second-order valence-electron chi connectivity index (χ2n) is 4.66. The highest BCUT2D eigenvalue weighted by Crippen LogP contribution is 2.24. The highest BCUT2D eigenvalue weighted by Gasteiger charge is 2.31. The first-order valence-corrected chi connectivity index (χ1v) is 7.26. The minimum absolute atomic E-state index is 0. The molecule has 2 aliphatic heterocycles. The van der Waals surface area contributed by atoms with E-state index < -0.39 is 0 Å². The molecule has 5 nitrogen and oxygen atoms in total. The molecule has 0 saturated carbocycles. The molecule has 1 aromatic heterocycles. The van der Waals surface area contributed by atoms with Crippen molar-refractivity contribution in [2.75, 3.05) is 26.2 Å². The van der Waals surface area contributed by atoms with Gasteiger partial charge in [0.05, 0.1) is 19.2 Å². The van der Waals surface area contributed by atoms with Crippen LogP contribution in [0.15, 0.2) is 11.6 Å². The summed E-state index contributed by atoms with van der Waals surface area (Å²) in [6.07, 6.45) is 3.78. The second-order valence-corrected chi connectivity index (χ2v) is 5.59. The lowest BCUT2D eigenvalue weighted by Gasteiger charge is -2.33. The van der Waals surface area contributed by atoms with E-state index in [1.54, 1.807) is 17.5 Å². The third-order valence-corrected chi connectivity index (χ3v) is 4.33. The molecule has 3 rings (SSSR count). The van der Waals surface area contributed by atoms with Crippen LogP contribution in [0.2, 0.25) is 0 Å². The maximum absolute atomic E-state index is 12.3. The Hall–Kier alpha value is -0.400. The minimum Gasteiger partial charge on any atom is -0.367 e. The Labute approximate surface area is 134 Å². The Morgan fingerprint density at radius 3 is 3.00 bits per heavy atom. The van der Waals surface area contributed by atoms with Crippen LogP contribution in [-0.4, -0.2) is 48.1 Å². The topological polar surface area (TPSA) is 54.5 Å². The van der Waals surface area contributed by atoms with E-state index in [1.807, 2.05) is 10.3 Å². The number of ether oxygens (including phenoxy) is 1. The van der Waals surface area contributed by atoms with Gasteiger partial charge in [-0.2, -0.15) is 0 Å². The Balaban J connectivity index is 0.000001000. The van der Waals surface area contributed by atoms with Crippen molar-refractivity contribution in [2.45, 2.75) is 25.0 Å². The molecule has 0 bridgehead atoms. The molecular formula is C12H19Cl2N3O2S. The Bertz CT molecular complexity index is 413. The molecule has 1 N–H and O–H groups in total. The van der Waals surface area contributed by atoms with Gasteiger partial charge in [0.2, 0.25) is 5.91 Å². The molecule has 2 fully saturated rings. The third-order valence-electron chi connectivity index (χ3n) is 3.46. The monoisotopic (exact) mass is 339 g/mol. The van der Waals surface area contributed by atoms with Crippen molar-refractivity contribution in [2.24, 2.45) is 0 Å². The van der Waals surface area contributed by atoms with Gasteiger partial charge in [0.25, 0.3) is 0 Å². The maximum atomic E-state index is 12.3.